The van der Waals surface area contributed by atoms with Crippen LogP contribution in [0, 0.1) is 10.8 Å². The van der Waals surface area contributed by atoms with E-state index in [1.54, 1.807) is 0 Å². The second-order valence-electron chi connectivity index (χ2n) is 9.63. The summed E-state index contributed by atoms with van der Waals surface area (Å²) in [6, 6.07) is 6.49. The second-order valence-corrected chi connectivity index (χ2v) is 9.63. The minimum absolute atomic E-state index is 0.219. The average Bonchev–Trinajstić information content (AvgIpc) is 2.67. The summed E-state index contributed by atoms with van der Waals surface area (Å²) < 4.78 is 0. The van der Waals surface area contributed by atoms with Crippen LogP contribution in [-0.2, 0) is 12.8 Å². The maximum Gasteiger partial charge on any atom is 0.0897 e. The Bertz CT molecular complexity index is 818. The molecule has 168 valence electrons. The van der Waals surface area contributed by atoms with Crippen molar-refractivity contribution in [2.75, 3.05) is 7.05 Å². The highest BCUT2D eigenvalue weighted by Crippen LogP contribution is 2.27. The first-order chi connectivity index (χ1) is 14.0. The molecule has 30 heavy (non-hydrogen) atoms. The van der Waals surface area contributed by atoms with Crippen molar-refractivity contribution in [1.29, 1.82) is 0 Å². The molecule has 0 spiro atoms. The highest BCUT2D eigenvalue weighted by molar-refractivity contribution is 5.77. The van der Waals surface area contributed by atoms with Gasteiger partial charge in [-0.1, -0.05) is 81.0 Å². The maximum absolute atomic E-state index is 4.97. The summed E-state index contributed by atoms with van der Waals surface area (Å²) in [7, 11) is 1.50. The Morgan fingerprint density at radius 2 is 1.57 bits per heavy atom. The SMILES string of the molecule is C=C/C(=C\c1nc2cc(CC(C)(C)C)ccc2nc1CC)CC(C)(C)C.CC.CN. The zero-order chi connectivity index (χ0) is 23.5. The zero-order valence-corrected chi connectivity index (χ0v) is 21.2. The van der Waals surface area contributed by atoms with Gasteiger partial charge in [-0.15, -0.1) is 0 Å². The van der Waals surface area contributed by atoms with Crippen LogP contribution in [0.4, 0.5) is 0 Å². The van der Waals surface area contributed by atoms with E-state index in [0.717, 1.165) is 41.7 Å². The van der Waals surface area contributed by atoms with Crippen molar-refractivity contribution in [3.63, 3.8) is 0 Å². The number of fused-ring (bicyclic) bond motifs is 1. The summed E-state index contributed by atoms with van der Waals surface area (Å²) in [5.74, 6) is 0. The third-order valence-corrected chi connectivity index (χ3v) is 4.22. The van der Waals surface area contributed by atoms with Gasteiger partial charge in [0, 0.05) is 0 Å². The first kappa shape index (κ1) is 28.0. The van der Waals surface area contributed by atoms with E-state index in [4.69, 9.17) is 9.97 Å². The number of aromatic nitrogens is 2. The third kappa shape index (κ3) is 9.67. The lowest BCUT2D eigenvalue weighted by molar-refractivity contribution is 0.411. The molecule has 0 unspecified atom stereocenters. The molecule has 0 bridgehead atoms. The molecule has 0 radical (unpaired) electrons. The number of nitrogens with two attached hydrogens (primary N) is 1. The van der Waals surface area contributed by atoms with Crippen LogP contribution in [0.1, 0.15) is 85.7 Å². The van der Waals surface area contributed by atoms with E-state index in [2.05, 4.69) is 85.1 Å². The van der Waals surface area contributed by atoms with E-state index < -0.39 is 0 Å². The predicted octanol–water partition coefficient (Wildman–Crippen LogP) is 7.39. The number of hydrogen-bond donors (Lipinski definition) is 1. The van der Waals surface area contributed by atoms with Gasteiger partial charge in [0.25, 0.3) is 0 Å². The van der Waals surface area contributed by atoms with Gasteiger partial charge in [-0.25, -0.2) is 9.97 Å². The molecule has 0 aliphatic heterocycles. The molecular weight excluding hydrogens is 366 g/mol. The molecule has 0 saturated carbocycles. The van der Waals surface area contributed by atoms with Gasteiger partial charge in [0.05, 0.1) is 22.4 Å². The number of benzene rings is 1. The minimum Gasteiger partial charge on any atom is -0.333 e. The summed E-state index contributed by atoms with van der Waals surface area (Å²) in [4.78, 5) is 9.84. The molecule has 0 amide bonds. The quantitative estimate of drug-likeness (QED) is 0.522. The fraction of sp³-hybridized carbons (Fsp3) is 0.556. The first-order valence-corrected chi connectivity index (χ1v) is 11.2. The van der Waals surface area contributed by atoms with Crippen LogP contribution >= 0.6 is 0 Å². The van der Waals surface area contributed by atoms with Gasteiger partial charge in [0.1, 0.15) is 0 Å². The Labute approximate surface area is 185 Å². The van der Waals surface area contributed by atoms with Crippen LogP contribution in [0.2, 0.25) is 0 Å². The highest BCUT2D eigenvalue weighted by atomic mass is 14.8. The summed E-state index contributed by atoms with van der Waals surface area (Å²) >= 11 is 0. The molecule has 1 heterocycles. The fourth-order valence-corrected chi connectivity index (χ4v) is 3.22. The van der Waals surface area contributed by atoms with Crippen molar-refractivity contribution in [3.8, 4) is 0 Å². The lowest BCUT2D eigenvalue weighted by Crippen LogP contribution is -2.09. The first-order valence-electron chi connectivity index (χ1n) is 11.2. The van der Waals surface area contributed by atoms with E-state index in [1.807, 2.05) is 19.9 Å². The molecule has 0 aliphatic rings. The van der Waals surface area contributed by atoms with Crippen LogP contribution in [0.15, 0.2) is 36.4 Å². The maximum atomic E-state index is 4.97. The number of aryl methyl sites for hydroxylation is 1. The molecule has 0 fully saturated rings. The van der Waals surface area contributed by atoms with E-state index in [-0.39, 0.29) is 10.8 Å². The monoisotopic (exact) mass is 411 g/mol. The Hall–Kier alpha value is -2.00. The molecule has 1 aromatic carbocycles. The standard InChI is InChI=1S/C24H34N2.C2H6.CH5N/c1-9-17(15-23(3,4)5)13-21-19(10-2)25-20-12-11-18(14-22(20)26-21)16-24(6,7)8;2*1-2/h9,11-14H,1,10,15-16H2,2-8H3;1-2H3;2H2,1H3/b17-13+;;. The van der Waals surface area contributed by atoms with Crippen molar-refractivity contribution >= 4 is 17.1 Å². The number of hydrogen-bond acceptors (Lipinski definition) is 3. The molecular formula is C27H45N3. The molecule has 2 N–H and O–H groups in total. The van der Waals surface area contributed by atoms with Gasteiger partial charge < -0.3 is 5.73 Å². The smallest absolute Gasteiger partial charge is 0.0897 e. The molecule has 2 rings (SSSR count). The number of rotatable bonds is 5. The van der Waals surface area contributed by atoms with Gasteiger partial charge in [0.15, 0.2) is 0 Å². The van der Waals surface area contributed by atoms with Crippen molar-refractivity contribution in [2.45, 2.75) is 81.6 Å². The van der Waals surface area contributed by atoms with Crippen molar-refractivity contribution in [3.05, 3.63) is 53.4 Å². The van der Waals surface area contributed by atoms with Crippen LogP contribution < -0.4 is 5.73 Å². The second kappa shape index (κ2) is 12.6. The largest absolute Gasteiger partial charge is 0.333 e. The van der Waals surface area contributed by atoms with Gasteiger partial charge >= 0.3 is 0 Å². The Kier molecular flexibility index (Phi) is 11.8. The highest BCUT2D eigenvalue weighted by Gasteiger charge is 2.15. The van der Waals surface area contributed by atoms with Gasteiger partial charge in [-0.3, -0.25) is 0 Å². The van der Waals surface area contributed by atoms with Crippen LogP contribution in [0.25, 0.3) is 17.1 Å². The van der Waals surface area contributed by atoms with E-state index in [1.165, 1.54) is 18.2 Å². The summed E-state index contributed by atoms with van der Waals surface area (Å²) in [5, 5.41) is 0. The van der Waals surface area contributed by atoms with Crippen LogP contribution in [0.3, 0.4) is 0 Å². The average molecular weight is 412 g/mol. The molecule has 3 heteroatoms. The Morgan fingerprint density at radius 1 is 0.967 bits per heavy atom. The van der Waals surface area contributed by atoms with Crippen LogP contribution in [-0.4, -0.2) is 17.0 Å². The molecule has 0 saturated heterocycles. The number of nitrogens with zero attached hydrogens (tertiary/aromatic N) is 2. The van der Waals surface area contributed by atoms with E-state index >= 15 is 0 Å². The van der Waals surface area contributed by atoms with Crippen LogP contribution in [0.5, 0.6) is 0 Å². The minimum atomic E-state index is 0.219. The Morgan fingerprint density at radius 3 is 2.03 bits per heavy atom. The summed E-state index contributed by atoms with van der Waals surface area (Å²) in [6.45, 7) is 23.7. The topological polar surface area (TPSA) is 51.8 Å². The lowest BCUT2D eigenvalue weighted by atomic mass is 9.87. The summed E-state index contributed by atoms with van der Waals surface area (Å²) in [5.41, 5.74) is 11.5. The molecule has 2 aromatic rings. The van der Waals surface area contributed by atoms with Gasteiger partial charge in [-0.05, 0) is 66.5 Å². The van der Waals surface area contributed by atoms with E-state index in [9.17, 15) is 0 Å². The summed E-state index contributed by atoms with van der Waals surface area (Å²) in [6.07, 6.45) is 7.00. The third-order valence-electron chi connectivity index (χ3n) is 4.22. The van der Waals surface area contributed by atoms with E-state index in [0.29, 0.717) is 0 Å². The zero-order valence-electron chi connectivity index (χ0n) is 21.2. The lowest BCUT2D eigenvalue weighted by Gasteiger charge is -2.19. The normalized spacial score (nSPS) is 11.9. The molecule has 1 aromatic heterocycles. The molecule has 0 aliphatic carbocycles. The fourth-order valence-electron chi connectivity index (χ4n) is 3.22. The molecule has 3 nitrogen and oxygen atoms in total. The van der Waals surface area contributed by atoms with Crippen molar-refractivity contribution < 1.29 is 0 Å². The Balaban J connectivity index is 0.00000198. The van der Waals surface area contributed by atoms with Gasteiger partial charge in [0.2, 0.25) is 0 Å². The predicted molar refractivity (Wildman–Crippen MR) is 136 cm³/mol. The van der Waals surface area contributed by atoms with Crippen molar-refractivity contribution in [2.24, 2.45) is 16.6 Å². The van der Waals surface area contributed by atoms with Crippen molar-refractivity contribution in [1.82, 2.24) is 9.97 Å². The van der Waals surface area contributed by atoms with Gasteiger partial charge in [-0.2, -0.15) is 0 Å². The number of allylic oxidation sites excluding steroid dienone is 2. The molecule has 0 atom stereocenters.